The zero-order valence-electron chi connectivity index (χ0n) is 30.8. The quantitative estimate of drug-likeness (QED) is 0.101. The minimum Gasteiger partial charge on any atom is -0.507 e. The lowest BCUT2D eigenvalue weighted by molar-refractivity contribution is -0.143. The molecule has 3 N–H and O–H groups in total. The third-order valence-corrected chi connectivity index (χ3v) is 8.21. The van der Waals surface area contributed by atoms with Gasteiger partial charge in [0.1, 0.15) is 41.0 Å². The van der Waals surface area contributed by atoms with E-state index in [2.05, 4.69) is 17.6 Å². The van der Waals surface area contributed by atoms with Gasteiger partial charge in [0.15, 0.2) is 6.10 Å². The molecule has 52 heavy (non-hydrogen) atoms. The second-order valence-corrected chi connectivity index (χ2v) is 13.5. The Morgan fingerprint density at radius 2 is 1.67 bits per heavy atom. The van der Waals surface area contributed by atoms with E-state index in [4.69, 9.17) is 23.7 Å². The van der Waals surface area contributed by atoms with Crippen LogP contribution in [0, 0.1) is 5.82 Å². The number of esters is 1. The van der Waals surface area contributed by atoms with Crippen LogP contribution in [-0.2, 0) is 38.3 Å². The first-order valence-electron chi connectivity index (χ1n) is 18.0. The fourth-order valence-electron chi connectivity index (χ4n) is 5.71. The maximum Gasteiger partial charge on any atom is 0.407 e. The third-order valence-electron chi connectivity index (χ3n) is 8.21. The molecular formula is C40H51FN2O9. The average molecular weight is 723 g/mol. The molecule has 0 saturated heterocycles. The van der Waals surface area contributed by atoms with Crippen LogP contribution < -0.4 is 24.8 Å². The molecule has 282 valence electrons. The molecule has 0 aliphatic carbocycles. The van der Waals surface area contributed by atoms with E-state index >= 15 is 0 Å². The van der Waals surface area contributed by atoms with Crippen molar-refractivity contribution in [2.45, 2.75) is 91.3 Å². The van der Waals surface area contributed by atoms with Crippen LogP contribution in [0.4, 0.5) is 9.18 Å². The SMILES string of the molecule is CCCc1c(OCCCOc2cc(O)c(-c3ccc(F)cc3)cc2CC)ccc2c1OC(C(=O)NCCC(=O)OCCNC(=O)OC(C)(C)C)CC2. The van der Waals surface area contributed by atoms with E-state index in [0.717, 1.165) is 28.7 Å². The van der Waals surface area contributed by atoms with Gasteiger partial charge in [-0.3, -0.25) is 9.59 Å². The molecule has 1 atom stereocenters. The Kier molecular flexibility index (Phi) is 14.5. The highest BCUT2D eigenvalue weighted by atomic mass is 19.1. The summed E-state index contributed by atoms with van der Waals surface area (Å²) in [6.45, 7) is 10.3. The number of ether oxygens (including phenoxy) is 5. The Morgan fingerprint density at radius 3 is 2.37 bits per heavy atom. The number of phenolic OH excluding ortho intramolecular Hbond substituents is 1. The summed E-state index contributed by atoms with van der Waals surface area (Å²) in [6, 6.07) is 13.4. The topological polar surface area (TPSA) is 142 Å². The van der Waals surface area contributed by atoms with Crippen LogP contribution in [-0.4, -0.2) is 67.7 Å². The normalized spacial score (nSPS) is 13.7. The number of nitrogens with one attached hydrogen (secondary N) is 2. The average Bonchev–Trinajstić information content (AvgIpc) is 3.10. The number of phenols is 1. The van der Waals surface area contributed by atoms with E-state index in [0.29, 0.717) is 68.1 Å². The van der Waals surface area contributed by atoms with Crippen LogP contribution in [0.2, 0.25) is 0 Å². The number of alkyl carbamates (subject to hydrolysis) is 1. The van der Waals surface area contributed by atoms with Crippen molar-refractivity contribution >= 4 is 18.0 Å². The van der Waals surface area contributed by atoms with Gasteiger partial charge in [-0.15, -0.1) is 0 Å². The van der Waals surface area contributed by atoms with Crippen LogP contribution in [0.15, 0.2) is 48.5 Å². The number of aryl methyl sites for hydroxylation is 2. The number of amides is 2. The van der Waals surface area contributed by atoms with E-state index in [1.807, 2.05) is 25.1 Å². The lowest BCUT2D eigenvalue weighted by atomic mass is 9.96. The van der Waals surface area contributed by atoms with Gasteiger partial charge in [0.25, 0.3) is 5.91 Å². The molecule has 0 aromatic heterocycles. The summed E-state index contributed by atoms with van der Waals surface area (Å²) >= 11 is 0. The number of carbonyl (C=O) groups is 3. The van der Waals surface area contributed by atoms with Crippen LogP contribution >= 0.6 is 0 Å². The summed E-state index contributed by atoms with van der Waals surface area (Å²) in [5, 5.41) is 16.0. The van der Waals surface area contributed by atoms with Gasteiger partial charge in [-0.1, -0.05) is 38.5 Å². The smallest absolute Gasteiger partial charge is 0.407 e. The van der Waals surface area contributed by atoms with Gasteiger partial charge < -0.3 is 39.4 Å². The molecule has 12 heteroatoms. The molecular weight excluding hydrogens is 671 g/mol. The molecule has 0 saturated carbocycles. The molecule has 0 radical (unpaired) electrons. The van der Waals surface area contributed by atoms with Crippen molar-refractivity contribution in [3.05, 3.63) is 71.0 Å². The molecule has 0 bridgehead atoms. The highest BCUT2D eigenvalue weighted by Gasteiger charge is 2.29. The van der Waals surface area contributed by atoms with E-state index in [1.54, 1.807) is 39.0 Å². The Hall–Kier alpha value is -5.00. The lowest BCUT2D eigenvalue weighted by Gasteiger charge is -2.28. The highest BCUT2D eigenvalue weighted by molar-refractivity contribution is 5.82. The molecule has 1 aliphatic heterocycles. The monoisotopic (exact) mass is 722 g/mol. The van der Waals surface area contributed by atoms with Gasteiger partial charge in [-0.2, -0.15) is 0 Å². The Balaban J connectivity index is 1.24. The number of fused-ring (bicyclic) bond motifs is 1. The predicted molar refractivity (Wildman–Crippen MR) is 194 cm³/mol. The second-order valence-electron chi connectivity index (χ2n) is 13.5. The number of rotatable bonds is 17. The summed E-state index contributed by atoms with van der Waals surface area (Å²) in [5.41, 5.74) is 3.58. The van der Waals surface area contributed by atoms with Gasteiger partial charge in [0.05, 0.1) is 26.2 Å². The van der Waals surface area contributed by atoms with Crippen molar-refractivity contribution in [1.29, 1.82) is 0 Å². The van der Waals surface area contributed by atoms with Crippen LogP contribution in [0.3, 0.4) is 0 Å². The molecule has 4 rings (SSSR count). The molecule has 1 unspecified atom stereocenters. The predicted octanol–water partition coefficient (Wildman–Crippen LogP) is 6.83. The standard InChI is InChI=1S/C40H51FN2O9/c1-6-9-30-33(48-21-8-22-49-35-25-32(44)31(24-26(35)7-2)27-10-14-29(41)15-11-27)16-12-28-13-17-34(51-37(28)30)38(46)42-19-18-36(45)50-23-20-43-39(47)52-40(3,4)5/h10-12,14-16,24-25,34,44H,6-9,13,17-23H2,1-5H3,(H,42,46)(H,43,47). The van der Waals surface area contributed by atoms with E-state index < -0.39 is 23.8 Å². The zero-order chi connectivity index (χ0) is 37.7. The minimum absolute atomic E-state index is 0.00958. The van der Waals surface area contributed by atoms with Crippen molar-refractivity contribution in [3.8, 4) is 34.1 Å². The molecule has 11 nitrogen and oxygen atoms in total. The van der Waals surface area contributed by atoms with E-state index in [1.165, 1.54) is 12.1 Å². The van der Waals surface area contributed by atoms with Gasteiger partial charge in [0, 0.05) is 30.2 Å². The fourth-order valence-corrected chi connectivity index (χ4v) is 5.71. The fraction of sp³-hybridized carbons (Fsp3) is 0.475. The molecule has 1 aliphatic rings. The van der Waals surface area contributed by atoms with Gasteiger partial charge in [-0.05, 0) is 87.4 Å². The third kappa shape index (κ3) is 11.8. The van der Waals surface area contributed by atoms with Crippen molar-refractivity contribution in [2.24, 2.45) is 0 Å². The van der Waals surface area contributed by atoms with E-state index in [-0.39, 0.29) is 43.6 Å². The second kappa shape index (κ2) is 19.0. The number of hydrogen-bond acceptors (Lipinski definition) is 9. The van der Waals surface area contributed by atoms with Gasteiger partial charge in [-0.25, -0.2) is 9.18 Å². The number of halogens is 1. The number of benzene rings is 3. The molecule has 3 aromatic rings. The summed E-state index contributed by atoms with van der Waals surface area (Å²) < 4.78 is 42.2. The molecule has 2 amide bonds. The van der Waals surface area contributed by atoms with Gasteiger partial charge in [0.2, 0.25) is 0 Å². The summed E-state index contributed by atoms with van der Waals surface area (Å²) in [7, 11) is 0. The maximum absolute atomic E-state index is 13.4. The van der Waals surface area contributed by atoms with Crippen molar-refractivity contribution in [2.75, 3.05) is 32.9 Å². The zero-order valence-corrected chi connectivity index (χ0v) is 30.8. The molecule has 0 fully saturated rings. The first-order valence-corrected chi connectivity index (χ1v) is 18.0. The van der Waals surface area contributed by atoms with Crippen molar-refractivity contribution < 1.29 is 47.6 Å². The van der Waals surface area contributed by atoms with Crippen molar-refractivity contribution in [3.63, 3.8) is 0 Å². The molecule has 3 aromatic carbocycles. The summed E-state index contributed by atoms with van der Waals surface area (Å²) in [4.78, 5) is 36.8. The Bertz CT molecular complexity index is 1670. The van der Waals surface area contributed by atoms with Gasteiger partial charge >= 0.3 is 12.1 Å². The van der Waals surface area contributed by atoms with Crippen LogP contribution in [0.1, 0.15) is 77.0 Å². The molecule has 0 spiro atoms. The molecule has 1 heterocycles. The Morgan fingerprint density at radius 1 is 0.942 bits per heavy atom. The summed E-state index contributed by atoms with van der Waals surface area (Å²) in [5.74, 6) is 0.875. The van der Waals surface area contributed by atoms with E-state index in [9.17, 15) is 23.9 Å². The highest BCUT2D eigenvalue weighted by Crippen LogP contribution is 2.39. The maximum atomic E-state index is 13.4. The number of carbonyl (C=O) groups excluding carboxylic acids is 3. The number of aromatic hydroxyl groups is 1. The Labute approximate surface area is 305 Å². The lowest BCUT2D eigenvalue weighted by Crippen LogP contribution is -2.41. The largest absolute Gasteiger partial charge is 0.507 e. The summed E-state index contributed by atoms with van der Waals surface area (Å²) in [6.07, 6.45) is 2.68. The first kappa shape index (κ1) is 39.8. The van der Waals surface area contributed by atoms with Crippen LogP contribution in [0.25, 0.3) is 11.1 Å². The minimum atomic E-state index is -0.709. The van der Waals surface area contributed by atoms with Crippen LogP contribution in [0.5, 0.6) is 23.0 Å². The number of hydrogen-bond donors (Lipinski definition) is 3. The van der Waals surface area contributed by atoms with Crippen molar-refractivity contribution in [1.82, 2.24) is 10.6 Å². The first-order chi connectivity index (χ1) is 24.9.